The minimum absolute atomic E-state index is 0.109. The Hall–Kier alpha value is -1.42. The van der Waals surface area contributed by atoms with Crippen molar-refractivity contribution in [3.63, 3.8) is 0 Å². The highest BCUT2D eigenvalue weighted by Crippen LogP contribution is 2.42. The molecule has 1 aromatic rings. The summed E-state index contributed by atoms with van der Waals surface area (Å²) >= 11 is 0. The zero-order chi connectivity index (χ0) is 14.3. The Morgan fingerprint density at radius 2 is 2.00 bits per heavy atom. The smallest absolute Gasteiger partial charge is 0.238 e. The quantitative estimate of drug-likeness (QED) is 0.901. The van der Waals surface area contributed by atoms with Crippen LogP contribution >= 0.6 is 0 Å². The molecule has 1 saturated heterocycles. The third-order valence-corrected chi connectivity index (χ3v) is 4.53. The van der Waals surface area contributed by atoms with Crippen molar-refractivity contribution in [3.05, 3.63) is 35.6 Å². The van der Waals surface area contributed by atoms with Gasteiger partial charge in [0.25, 0.3) is 0 Å². The fourth-order valence-corrected chi connectivity index (χ4v) is 3.49. The maximum absolute atomic E-state index is 13.0. The summed E-state index contributed by atoms with van der Waals surface area (Å²) in [6, 6.07) is 6.73. The lowest BCUT2D eigenvalue weighted by molar-refractivity contribution is -0.130. The summed E-state index contributed by atoms with van der Waals surface area (Å²) < 4.78 is 13.0. The van der Waals surface area contributed by atoms with Crippen LogP contribution in [0.3, 0.4) is 0 Å². The zero-order valence-electron chi connectivity index (χ0n) is 12.0. The maximum atomic E-state index is 13.0. The van der Waals surface area contributed by atoms with Gasteiger partial charge >= 0.3 is 0 Å². The molecule has 2 atom stereocenters. The first-order valence-corrected chi connectivity index (χ1v) is 7.26. The van der Waals surface area contributed by atoms with E-state index in [9.17, 15) is 9.18 Å². The molecule has 1 saturated carbocycles. The first-order chi connectivity index (χ1) is 9.46. The minimum Gasteiger partial charge on any atom is -0.319 e. The Kier molecular flexibility index (Phi) is 3.28. The van der Waals surface area contributed by atoms with E-state index in [0.29, 0.717) is 18.0 Å². The standard InChI is InChI=1S/C16H21FN2O/c1-16(2)8-7-13(9-16)19-14(20)10-18-15(19)11-3-5-12(17)6-4-11/h3-6,13,15,18H,7-10H2,1-2H3. The van der Waals surface area contributed by atoms with E-state index in [1.807, 2.05) is 4.90 Å². The van der Waals surface area contributed by atoms with Crippen LogP contribution in [0.1, 0.15) is 44.8 Å². The van der Waals surface area contributed by atoms with Crippen molar-refractivity contribution in [3.8, 4) is 0 Å². The summed E-state index contributed by atoms with van der Waals surface area (Å²) in [5.74, 6) is -0.0892. The molecule has 1 heterocycles. The fourth-order valence-electron chi connectivity index (χ4n) is 3.49. The van der Waals surface area contributed by atoms with Crippen molar-refractivity contribution < 1.29 is 9.18 Å². The second-order valence-corrected chi connectivity index (χ2v) is 6.70. The first-order valence-electron chi connectivity index (χ1n) is 7.26. The monoisotopic (exact) mass is 276 g/mol. The van der Waals surface area contributed by atoms with Crippen molar-refractivity contribution >= 4 is 5.91 Å². The van der Waals surface area contributed by atoms with Gasteiger partial charge in [-0.2, -0.15) is 0 Å². The van der Waals surface area contributed by atoms with Crippen LogP contribution in [0.15, 0.2) is 24.3 Å². The molecule has 1 N–H and O–H groups in total. The van der Waals surface area contributed by atoms with Gasteiger partial charge in [0.2, 0.25) is 5.91 Å². The molecule has 2 unspecified atom stereocenters. The number of nitrogens with zero attached hydrogens (tertiary/aromatic N) is 1. The van der Waals surface area contributed by atoms with Gasteiger partial charge in [0.05, 0.1) is 6.54 Å². The summed E-state index contributed by atoms with van der Waals surface area (Å²) in [5, 5.41) is 3.25. The van der Waals surface area contributed by atoms with Gasteiger partial charge in [0.15, 0.2) is 0 Å². The van der Waals surface area contributed by atoms with Crippen molar-refractivity contribution in [1.29, 1.82) is 0 Å². The predicted octanol–water partition coefficient (Wildman–Crippen LogP) is 2.83. The van der Waals surface area contributed by atoms with E-state index in [0.717, 1.165) is 24.8 Å². The molecule has 1 aromatic carbocycles. The van der Waals surface area contributed by atoms with Gasteiger partial charge in [-0.15, -0.1) is 0 Å². The molecular formula is C16H21FN2O. The summed E-state index contributed by atoms with van der Waals surface area (Å²) in [5.41, 5.74) is 1.27. The number of carbonyl (C=O) groups is 1. The summed E-state index contributed by atoms with van der Waals surface area (Å²) in [6.45, 7) is 4.89. The molecule has 0 radical (unpaired) electrons. The van der Waals surface area contributed by atoms with Crippen LogP contribution in [0.4, 0.5) is 4.39 Å². The third-order valence-electron chi connectivity index (χ3n) is 4.53. The predicted molar refractivity (Wildman–Crippen MR) is 75.4 cm³/mol. The van der Waals surface area contributed by atoms with Gasteiger partial charge in [0.1, 0.15) is 12.0 Å². The Balaban J connectivity index is 1.84. The highest BCUT2D eigenvalue weighted by Gasteiger charge is 2.42. The van der Waals surface area contributed by atoms with Crippen LogP contribution in [-0.2, 0) is 4.79 Å². The van der Waals surface area contributed by atoms with E-state index in [4.69, 9.17) is 0 Å². The second-order valence-electron chi connectivity index (χ2n) is 6.70. The molecular weight excluding hydrogens is 255 g/mol. The van der Waals surface area contributed by atoms with E-state index in [-0.39, 0.29) is 17.9 Å². The Labute approximate surface area is 119 Å². The van der Waals surface area contributed by atoms with Crippen molar-refractivity contribution in [2.45, 2.75) is 45.3 Å². The van der Waals surface area contributed by atoms with Gasteiger partial charge in [-0.25, -0.2) is 4.39 Å². The minimum atomic E-state index is -0.244. The number of rotatable bonds is 2. The topological polar surface area (TPSA) is 32.3 Å². The number of nitrogens with one attached hydrogen (secondary N) is 1. The van der Waals surface area contributed by atoms with Crippen molar-refractivity contribution in [2.75, 3.05) is 6.54 Å². The number of benzene rings is 1. The molecule has 3 rings (SSSR count). The molecule has 20 heavy (non-hydrogen) atoms. The largest absolute Gasteiger partial charge is 0.319 e. The third kappa shape index (κ3) is 2.44. The summed E-state index contributed by atoms with van der Waals surface area (Å²) in [4.78, 5) is 14.2. The molecule has 1 amide bonds. The second kappa shape index (κ2) is 4.85. The fraction of sp³-hybridized carbons (Fsp3) is 0.562. The highest BCUT2D eigenvalue weighted by molar-refractivity contribution is 5.81. The molecule has 0 aromatic heterocycles. The van der Waals surface area contributed by atoms with Crippen LogP contribution in [0.2, 0.25) is 0 Å². The number of amides is 1. The summed E-state index contributed by atoms with van der Waals surface area (Å²) in [7, 11) is 0. The van der Waals surface area contributed by atoms with Gasteiger partial charge in [-0.1, -0.05) is 26.0 Å². The Morgan fingerprint density at radius 3 is 2.60 bits per heavy atom. The van der Waals surface area contributed by atoms with E-state index in [1.54, 1.807) is 12.1 Å². The van der Waals surface area contributed by atoms with Crippen LogP contribution in [0.5, 0.6) is 0 Å². The van der Waals surface area contributed by atoms with Crippen LogP contribution in [0, 0.1) is 11.2 Å². The van der Waals surface area contributed by atoms with Gasteiger partial charge in [-0.3, -0.25) is 10.1 Å². The van der Waals surface area contributed by atoms with Crippen LogP contribution in [-0.4, -0.2) is 23.4 Å². The first kappa shape index (κ1) is 13.6. The lowest BCUT2D eigenvalue weighted by Crippen LogP contribution is -2.38. The van der Waals surface area contributed by atoms with Crippen molar-refractivity contribution in [2.24, 2.45) is 5.41 Å². The Bertz CT molecular complexity index is 512. The van der Waals surface area contributed by atoms with Gasteiger partial charge in [-0.05, 0) is 42.4 Å². The molecule has 108 valence electrons. The highest BCUT2D eigenvalue weighted by atomic mass is 19.1. The van der Waals surface area contributed by atoms with Crippen LogP contribution in [0.25, 0.3) is 0 Å². The van der Waals surface area contributed by atoms with Crippen LogP contribution < -0.4 is 5.32 Å². The molecule has 0 spiro atoms. The molecule has 4 heteroatoms. The maximum Gasteiger partial charge on any atom is 0.238 e. The van der Waals surface area contributed by atoms with Gasteiger partial charge < -0.3 is 4.90 Å². The lowest BCUT2D eigenvalue weighted by Gasteiger charge is -2.31. The lowest BCUT2D eigenvalue weighted by atomic mass is 9.91. The molecule has 1 aliphatic carbocycles. The zero-order valence-corrected chi connectivity index (χ0v) is 12.0. The molecule has 0 bridgehead atoms. The van der Waals surface area contributed by atoms with E-state index >= 15 is 0 Å². The number of carbonyl (C=O) groups excluding carboxylic acids is 1. The normalized spacial score (nSPS) is 29.1. The van der Waals surface area contributed by atoms with E-state index < -0.39 is 0 Å². The average molecular weight is 276 g/mol. The molecule has 2 aliphatic rings. The molecule has 3 nitrogen and oxygen atoms in total. The number of halogens is 1. The van der Waals surface area contributed by atoms with E-state index in [2.05, 4.69) is 19.2 Å². The SMILES string of the molecule is CC1(C)CCC(N2C(=O)CNC2c2ccc(F)cc2)C1. The van der Waals surface area contributed by atoms with E-state index in [1.165, 1.54) is 12.1 Å². The number of hydrogen-bond acceptors (Lipinski definition) is 2. The Morgan fingerprint density at radius 1 is 1.30 bits per heavy atom. The summed E-state index contributed by atoms with van der Waals surface area (Å²) in [6.07, 6.45) is 3.13. The molecule has 1 aliphatic heterocycles. The molecule has 2 fully saturated rings. The number of hydrogen-bond donors (Lipinski definition) is 1. The average Bonchev–Trinajstić information content (AvgIpc) is 2.93. The van der Waals surface area contributed by atoms with Gasteiger partial charge in [0, 0.05) is 6.04 Å². The van der Waals surface area contributed by atoms with Crippen molar-refractivity contribution in [1.82, 2.24) is 10.2 Å².